The summed E-state index contributed by atoms with van der Waals surface area (Å²) in [5.41, 5.74) is -0.955. The van der Waals surface area contributed by atoms with Crippen LogP contribution in [0, 0.1) is 11.2 Å². The maximum Gasteiger partial charge on any atom is 0.240 e. The van der Waals surface area contributed by atoms with Gasteiger partial charge >= 0.3 is 0 Å². The molecule has 110 valence electrons. The topological polar surface area (TPSA) is 63.2 Å². The fourth-order valence-electron chi connectivity index (χ4n) is 1.74. The molecule has 0 unspecified atom stereocenters. The van der Waals surface area contributed by atoms with Gasteiger partial charge < -0.3 is 0 Å². The molecular weight excluding hydrogens is 281 g/mol. The number of hydrogen-bond acceptors (Lipinski definition) is 3. The van der Waals surface area contributed by atoms with Crippen LogP contribution in [0.2, 0.25) is 0 Å². The maximum atomic E-state index is 13.8. The smallest absolute Gasteiger partial charge is 0.240 e. The van der Waals surface area contributed by atoms with Crippen LogP contribution in [0.5, 0.6) is 0 Å². The van der Waals surface area contributed by atoms with Crippen LogP contribution in [0.3, 0.4) is 0 Å². The van der Waals surface area contributed by atoms with E-state index in [1.807, 2.05) is 0 Å². The first-order valence-electron chi connectivity index (χ1n) is 6.48. The molecule has 4 nitrogen and oxygen atoms in total. The minimum Gasteiger partial charge on any atom is -0.293 e. The average Bonchev–Trinajstić information content (AvgIpc) is 3.10. The van der Waals surface area contributed by atoms with Gasteiger partial charge in [0.1, 0.15) is 5.82 Å². The molecule has 1 aromatic carbocycles. The molecule has 1 N–H and O–H groups in total. The van der Waals surface area contributed by atoms with E-state index in [0.717, 1.165) is 25.0 Å². The summed E-state index contributed by atoms with van der Waals surface area (Å²) in [6.45, 7) is 5.00. The molecule has 1 saturated carbocycles. The summed E-state index contributed by atoms with van der Waals surface area (Å²) >= 11 is 0. The van der Waals surface area contributed by atoms with Crippen LogP contribution in [-0.4, -0.2) is 20.2 Å². The first-order valence-corrected chi connectivity index (χ1v) is 7.96. The van der Waals surface area contributed by atoms with Gasteiger partial charge in [0.25, 0.3) is 0 Å². The van der Waals surface area contributed by atoms with Gasteiger partial charge in [0.05, 0.1) is 10.5 Å². The van der Waals surface area contributed by atoms with E-state index in [4.69, 9.17) is 0 Å². The van der Waals surface area contributed by atoms with Gasteiger partial charge in [0.15, 0.2) is 5.78 Å². The Hall–Kier alpha value is -1.27. The second kappa shape index (κ2) is 4.93. The second-order valence-electron chi connectivity index (χ2n) is 6.12. The van der Waals surface area contributed by atoms with Crippen molar-refractivity contribution >= 4 is 15.8 Å². The van der Waals surface area contributed by atoms with Crippen molar-refractivity contribution in [1.29, 1.82) is 0 Å². The Morgan fingerprint density at radius 3 is 2.40 bits per heavy atom. The molecule has 1 fully saturated rings. The monoisotopic (exact) mass is 299 g/mol. The molecule has 2 rings (SSSR count). The Morgan fingerprint density at radius 2 is 1.90 bits per heavy atom. The van der Waals surface area contributed by atoms with E-state index in [-0.39, 0.29) is 16.5 Å². The fraction of sp³-hybridized carbons (Fsp3) is 0.500. The number of carbonyl (C=O) groups is 1. The molecule has 0 atom stereocenters. The first kappa shape index (κ1) is 15.1. The van der Waals surface area contributed by atoms with Gasteiger partial charge in [-0.15, -0.1) is 0 Å². The number of ketones is 1. The molecule has 1 aromatic rings. The van der Waals surface area contributed by atoms with Crippen molar-refractivity contribution in [1.82, 2.24) is 4.72 Å². The molecule has 6 heteroatoms. The first-order chi connectivity index (χ1) is 9.11. The van der Waals surface area contributed by atoms with Gasteiger partial charge in [-0.3, -0.25) is 4.79 Å². The lowest BCUT2D eigenvalue weighted by Gasteiger charge is -2.17. The number of nitrogens with one attached hydrogen (secondary N) is 1. The number of halogens is 1. The highest BCUT2D eigenvalue weighted by atomic mass is 32.2. The summed E-state index contributed by atoms with van der Waals surface area (Å²) in [5, 5.41) is 0. The zero-order chi connectivity index (χ0) is 15.1. The number of carbonyl (C=O) groups excluding carboxylic acids is 1. The molecule has 20 heavy (non-hydrogen) atoms. The SMILES string of the molecule is CC(C)(C)C(=O)c1cc(S(=O)(=O)NC2CC2)ccc1F. The molecule has 0 spiro atoms. The van der Waals surface area contributed by atoms with E-state index in [9.17, 15) is 17.6 Å². The average molecular weight is 299 g/mol. The van der Waals surface area contributed by atoms with Crippen molar-refractivity contribution in [2.24, 2.45) is 5.41 Å². The summed E-state index contributed by atoms with van der Waals surface area (Å²) in [5.74, 6) is -1.12. The molecule has 0 aliphatic heterocycles. The summed E-state index contributed by atoms with van der Waals surface area (Å²) in [4.78, 5) is 12.1. The van der Waals surface area contributed by atoms with E-state index in [1.54, 1.807) is 20.8 Å². The molecule has 0 bridgehead atoms. The number of Topliss-reactive ketones (excluding diaryl/α,β-unsaturated/α-hetero) is 1. The summed E-state index contributed by atoms with van der Waals surface area (Å²) in [6, 6.07) is 3.29. The van der Waals surface area contributed by atoms with Gasteiger partial charge in [0.2, 0.25) is 10.0 Å². The molecule has 0 heterocycles. The fourth-order valence-corrected chi connectivity index (χ4v) is 3.07. The van der Waals surface area contributed by atoms with Crippen molar-refractivity contribution < 1.29 is 17.6 Å². The number of benzene rings is 1. The highest BCUT2D eigenvalue weighted by molar-refractivity contribution is 7.89. The lowest BCUT2D eigenvalue weighted by Crippen LogP contribution is -2.27. The third kappa shape index (κ3) is 3.24. The summed E-state index contributed by atoms with van der Waals surface area (Å²) in [6.07, 6.45) is 1.63. The van der Waals surface area contributed by atoms with Crippen LogP contribution in [0.25, 0.3) is 0 Å². The Kier molecular flexibility index (Phi) is 3.73. The van der Waals surface area contributed by atoms with Crippen LogP contribution in [0.15, 0.2) is 23.1 Å². The molecule has 0 saturated heterocycles. The van der Waals surface area contributed by atoms with E-state index < -0.39 is 27.0 Å². The summed E-state index contributed by atoms with van der Waals surface area (Å²) < 4.78 is 40.4. The Balaban J connectivity index is 2.40. The van der Waals surface area contributed by atoms with Gasteiger partial charge in [-0.2, -0.15) is 0 Å². The van der Waals surface area contributed by atoms with Crippen LogP contribution < -0.4 is 4.72 Å². The number of rotatable bonds is 4. The number of sulfonamides is 1. The molecule has 1 aliphatic rings. The van der Waals surface area contributed by atoms with E-state index in [0.29, 0.717) is 0 Å². The largest absolute Gasteiger partial charge is 0.293 e. The van der Waals surface area contributed by atoms with Crippen LogP contribution >= 0.6 is 0 Å². The van der Waals surface area contributed by atoms with Gasteiger partial charge in [-0.25, -0.2) is 17.5 Å². The Labute approximate surface area is 118 Å². The van der Waals surface area contributed by atoms with Crippen molar-refractivity contribution in [3.05, 3.63) is 29.6 Å². The van der Waals surface area contributed by atoms with Crippen molar-refractivity contribution in [3.63, 3.8) is 0 Å². The normalized spacial score (nSPS) is 16.2. The van der Waals surface area contributed by atoms with E-state index in [1.165, 1.54) is 6.07 Å². The van der Waals surface area contributed by atoms with Gasteiger partial charge in [-0.05, 0) is 31.0 Å². The van der Waals surface area contributed by atoms with E-state index >= 15 is 0 Å². The van der Waals surface area contributed by atoms with Crippen molar-refractivity contribution in [2.75, 3.05) is 0 Å². The van der Waals surface area contributed by atoms with E-state index in [2.05, 4.69) is 4.72 Å². The molecule has 0 aromatic heterocycles. The lowest BCUT2D eigenvalue weighted by atomic mass is 9.86. The molecule has 1 aliphatic carbocycles. The number of hydrogen-bond donors (Lipinski definition) is 1. The second-order valence-corrected chi connectivity index (χ2v) is 7.83. The zero-order valence-corrected chi connectivity index (χ0v) is 12.6. The van der Waals surface area contributed by atoms with Gasteiger partial charge in [0, 0.05) is 11.5 Å². The highest BCUT2D eigenvalue weighted by Crippen LogP contribution is 2.26. The molecular formula is C14H18FNO3S. The lowest BCUT2D eigenvalue weighted by molar-refractivity contribution is 0.0853. The predicted molar refractivity (Wildman–Crippen MR) is 73.5 cm³/mol. The zero-order valence-electron chi connectivity index (χ0n) is 11.7. The Morgan fingerprint density at radius 1 is 1.30 bits per heavy atom. The minimum absolute atomic E-state index is 0.0354. The predicted octanol–water partition coefficient (Wildman–Crippen LogP) is 2.50. The van der Waals surface area contributed by atoms with Gasteiger partial charge in [-0.1, -0.05) is 20.8 Å². The molecule has 0 amide bonds. The standard InChI is InChI=1S/C14H18FNO3S/c1-14(2,3)13(17)11-8-10(6-7-12(11)15)20(18,19)16-9-4-5-9/h6-9,16H,4-5H2,1-3H3. The molecule has 0 radical (unpaired) electrons. The Bertz CT molecular complexity index is 643. The van der Waals surface area contributed by atoms with Crippen LogP contribution in [-0.2, 0) is 10.0 Å². The van der Waals surface area contributed by atoms with Crippen LogP contribution in [0.1, 0.15) is 44.0 Å². The van der Waals surface area contributed by atoms with Crippen LogP contribution in [0.4, 0.5) is 4.39 Å². The highest BCUT2D eigenvalue weighted by Gasteiger charge is 2.30. The maximum absolute atomic E-state index is 13.8. The third-order valence-electron chi connectivity index (χ3n) is 3.07. The summed E-state index contributed by atoms with van der Waals surface area (Å²) in [7, 11) is -3.68. The quantitative estimate of drug-likeness (QED) is 0.869. The third-order valence-corrected chi connectivity index (χ3v) is 4.59. The van der Waals surface area contributed by atoms with Crippen molar-refractivity contribution in [3.8, 4) is 0 Å². The minimum atomic E-state index is -3.68. The van der Waals surface area contributed by atoms with Crippen molar-refractivity contribution in [2.45, 2.75) is 44.6 Å².